The number of thiazole rings is 1. The summed E-state index contributed by atoms with van der Waals surface area (Å²) in [5.41, 5.74) is 4.27. The number of aromatic nitrogens is 2. The van der Waals surface area contributed by atoms with Crippen LogP contribution in [0.5, 0.6) is 0 Å². The van der Waals surface area contributed by atoms with Crippen molar-refractivity contribution in [3.63, 3.8) is 0 Å². The second-order valence-electron chi connectivity index (χ2n) is 5.97. The fraction of sp³-hybridized carbons (Fsp3) is 0.211. The monoisotopic (exact) mass is 350 g/mol. The van der Waals surface area contributed by atoms with Crippen molar-refractivity contribution in [2.24, 2.45) is 0 Å². The molecule has 1 N–H and O–H groups in total. The van der Waals surface area contributed by atoms with Crippen LogP contribution in [-0.4, -0.2) is 15.3 Å². The number of nitrogens with zero attached hydrogens (tertiary/aromatic N) is 3. The van der Waals surface area contributed by atoms with Crippen LogP contribution in [0.1, 0.15) is 27.4 Å². The van der Waals surface area contributed by atoms with Crippen molar-refractivity contribution < 1.29 is 4.79 Å². The van der Waals surface area contributed by atoms with Gasteiger partial charge in [-0.2, -0.15) is 5.26 Å². The highest BCUT2D eigenvalue weighted by Gasteiger charge is 2.15. The molecule has 0 unspecified atom stereocenters. The number of para-hydroxylation sites is 1. The summed E-state index contributed by atoms with van der Waals surface area (Å²) in [6, 6.07) is 7.80. The van der Waals surface area contributed by atoms with E-state index in [1.54, 1.807) is 17.4 Å². The molecule has 0 aliphatic heterocycles. The molecule has 25 heavy (non-hydrogen) atoms. The Morgan fingerprint density at radius 2 is 1.96 bits per heavy atom. The number of benzene rings is 1. The standard InChI is InChI=1S/C19H18N4OS/c1-11-6-5-7-12(2)17(11)22-18(24)15(9-20)8-16-14(4)21-19-23(16)10-13(3)25-19/h5-8,10H,1-4H3,(H,22,24)/b15-8+. The largest absolute Gasteiger partial charge is 0.321 e. The predicted octanol–water partition coefficient (Wildman–Crippen LogP) is 4.18. The highest BCUT2D eigenvalue weighted by molar-refractivity contribution is 7.17. The molecule has 0 radical (unpaired) electrons. The van der Waals surface area contributed by atoms with Crippen LogP contribution in [0.4, 0.5) is 5.69 Å². The van der Waals surface area contributed by atoms with Crippen LogP contribution >= 0.6 is 11.3 Å². The molecule has 0 aliphatic carbocycles. The minimum Gasteiger partial charge on any atom is -0.321 e. The number of anilines is 1. The molecule has 6 heteroatoms. The Morgan fingerprint density at radius 3 is 2.60 bits per heavy atom. The van der Waals surface area contributed by atoms with Gasteiger partial charge in [0.25, 0.3) is 5.91 Å². The molecule has 3 rings (SSSR count). The van der Waals surface area contributed by atoms with Gasteiger partial charge < -0.3 is 5.32 Å². The maximum atomic E-state index is 12.6. The number of carbonyl (C=O) groups is 1. The van der Waals surface area contributed by atoms with Gasteiger partial charge in [0, 0.05) is 16.8 Å². The van der Waals surface area contributed by atoms with Gasteiger partial charge in [-0.05, 0) is 44.9 Å². The van der Waals surface area contributed by atoms with Gasteiger partial charge in [0.05, 0.1) is 11.4 Å². The van der Waals surface area contributed by atoms with Gasteiger partial charge in [-0.15, -0.1) is 11.3 Å². The predicted molar refractivity (Wildman–Crippen MR) is 101 cm³/mol. The lowest BCUT2D eigenvalue weighted by Gasteiger charge is -2.10. The van der Waals surface area contributed by atoms with Gasteiger partial charge >= 0.3 is 0 Å². The van der Waals surface area contributed by atoms with Crippen molar-refractivity contribution in [3.05, 3.63) is 57.4 Å². The first-order valence-electron chi connectivity index (χ1n) is 7.85. The number of hydrogen-bond acceptors (Lipinski definition) is 4. The van der Waals surface area contributed by atoms with Crippen LogP contribution in [0.15, 0.2) is 30.0 Å². The van der Waals surface area contributed by atoms with Gasteiger partial charge in [-0.25, -0.2) is 4.98 Å². The van der Waals surface area contributed by atoms with Crippen LogP contribution in [0.25, 0.3) is 11.0 Å². The van der Waals surface area contributed by atoms with E-state index in [2.05, 4.69) is 10.3 Å². The SMILES string of the molecule is Cc1cn2c(/C=C(\C#N)C(=O)Nc3c(C)cccc3C)c(C)nc2s1. The molecule has 1 aromatic carbocycles. The Bertz CT molecular complexity index is 1030. The van der Waals surface area contributed by atoms with E-state index in [1.807, 2.05) is 62.6 Å². The third-order valence-electron chi connectivity index (χ3n) is 4.03. The first-order chi connectivity index (χ1) is 11.9. The van der Waals surface area contributed by atoms with Crippen LogP contribution in [-0.2, 0) is 4.79 Å². The average Bonchev–Trinajstić information content (AvgIpc) is 3.04. The summed E-state index contributed by atoms with van der Waals surface area (Å²) < 4.78 is 1.92. The number of amides is 1. The zero-order chi connectivity index (χ0) is 18.1. The third kappa shape index (κ3) is 3.19. The van der Waals surface area contributed by atoms with Crippen molar-refractivity contribution >= 4 is 34.0 Å². The summed E-state index contributed by atoms with van der Waals surface area (Å²) in [6.45, 7) is 7.73. The molecular formula is C19H18N4OS. The molecule has 0 saturated heterocycles. The zero-order valence-corrected chi connectivity index (χ0v) is 15.4. The lowest BCUT2D eigenvalue weighted by Crippen LogP contribution is -2.15. The molecule has 0 bridgehead atoms. The second kappa shape index (κ2) is 6.54. The number of nitrogens with one attached hydrogen (secondary N) is 1. The van der Waals surface area contributed by atoms with Crippen molar-refractivity contribution in [2.75, 3.05) is 5.32 Å². The summed E-state index contributed by atoms with van der Waals surface area (Å²) in [6.07, 6.45) is 3.56. The van der Waals surface area contributed by atoms with E-state index in [4.69, 9.17) is 0 Å². The van der Waals surface area contributed by atoms with Crippen LogP contribution in [0, 0.1) is 39.0 Å². The molecule has 2 aromatic heterocycles. The van der Waals surface area contributed by atoms with Gasteiger partial charge in [0.2, 0.25) is 0 Å². The van der Waals surface area contributed by atoms with E-state index < -0.39 is 5.91 Å². The molecular weight excluding hydrogens is 332 g/mol. The molecule has 1 amide bonds. The molecule has 5 nitrogen and oxygen atoms in total. The van der Waals surface area contributed by atoms with Crippen LogP contribution < -0.4 is 5.32 Å². The molecule has 0 spiro atoms. The Hall–Kier alpha value is -2.91. The number of carbonyl (C=O) groups excluding carboxylic acids is 1. The van der Waals surface area contributed by atoms with E-state index >= 15 is 0 Å². The second-order valence-corrected chi connectivity index (χ2v) is 7.18. The number of hydrogen-bond donors (Lipinski definition) is 1. The lowest BCUT2D eigenvalue weighted by molar-refractivity contribution is -0.112. The third-order valence-corrected chi connectivity index (χ3v) is 4.93. The topological polar surface area (TPSA) is 70.2 Å². The molecule has 126 valence electrons. The van der Waals surface area contributed by atoms with Gasteiger partial charge in [-0.3, -0.25) is 9.20 Å². The smallest absolute Gasteiger partial charge is 0.266 e. The fourth-order valence-electron chi connectivity index (χ4n) is 2.73. The van der Waals surface area contributed by atoms with Gasteiger partial charge in [0.1, 0.15) is 11.6 Å². The number of rotatable bonds is 3. The van der Waals surface area contributed by atoms with E-state index in [0.29, 0.717) is 0 Å². The molecule has 0 atom stereocenters. The Morgan fingerprint density at radius 1 is 1.28 bits per heavy atom. The van der Waals surface area contributed by atoms with E-state index in [1.165, 1.54) is 0 Å². The number of nitriles is 1. The Labute approximate surface area is 150 Å². The summed E-state index contributed by atoms with van der Waals surface area (Å²) in [4.78, 5) is 19.1. The van der Waals surface area contributed by atoms with Crippen molar-refractivity contribution in [2.45, 2.75) is 27.7 Å². The van der Waals surface area contributed by atoms with E-state index in [0.717, 1.165) is 38.0 Å². The van der Waals surface area contributed by atoms with E-state index in [9.17, 15) is 10.1 Å². The highest BCUT2D eigenvalue weighted by Crippen LogP contribution is 2.24. The number of fused-ring (bicyclic) bond motifs is 1. The minimum absolute atomic E-state index is 0.0522. The lowest BCUT2D eigenvalue weighted by atomic mass is 10.1. The van der Waals surface area contributed by atoms with Crippen molar-refractivity contribution in [3.8, 4) is 6.07 Å². The van der Waals surface area contributed by atoms with Gasteiger partial charge in [0.15, 0.2) is 4.96 Å². The number of aryl methyl sites for hydroxylation is 4. The minimum atomic E-state index is -0.416. The average molecular weight is 350 g/mol. The zero-order valence-electron chi connectivity index (χ0n) is 14.5. The van der Waals surface area contributed by atoms with Crippen LogP contribution in [0.2, 0.25) is 0 Å². The summed E-state index contributed by atoms with van der Waals surface area (Å²) in [5.74, 6) is -0.416. The first kappa shape index (κ1) is 16.9. The molecule has 3 aromatic rings. The summed E-state index contributed by atoms with van der Waals surface area (Å²) in [7, 11) is 0. The fourth-order valence-corrected chi connectivity index (χ4v) is 3.61. The maximum absolute atomic E-state index is 12.6. The highest BCUT2D eigenvalue weighted by atomic mass is 32.1. The normalized spacial score (nSPS) is 11.6. The van der Waals surface area contributed by atoms with Gasteiger partial charge in [-0.1, -0.05) is 18.2 Å². The molecule has 0 saturated carbocycles. The summed E-state index contributed by atoms with van der Waals surface area (Å²) >= 11 is 1.58. The quantitative estimate of drug-likeness (QED) is 0.569. The molecule has 0 aliphatic rings. The maximum Gasteiger partial charge on any atom is 0.266 e. The number of imidazole rings is 1. The Kier molecular flexibility index (Phi) is 4.43. The van der Waals surface area contributed by atoms with Crippen molar-refractivity contribution in [1.29, 1.82) is 5.26 Å². The molecule has 0 fully saturated rings. The summed E-state index contributed by atoms with van der Waals surface area (Å²) in [5, 5.41) is 12.3. The van der Waals surface area contributed by atoms with Crippen LogP contribution in [0.3, 0.4) is 0 Å². The van der Waals surface area contributed by atoms with E-state index in [-0.39, 0.29) is 5.57 Å². The molecule has 2 heterocycles. The Balaban J connectivity index is 1.99. The first-order valence-corrected chi connectivity index (χ1v) is 8.67. The van der Waals surface area contributed by atoms with Crippen molar-refractivity contribution in [1.82, 2.24) is 9.38 Å².